The van der Waals surface area contributed by atoms with Gasteiger partial charge < -0.3 is 14.7 Å². The van der Waals surface area contributed by atoms with E-state index < -0.39 is 0 Å². The molecule has 0 saturated carbocycles. The number of carbonyl (C=O) groups is 2. The Morgan fingerprint density at radius 3 is 2.76 bits per heavy atom. The summed E-state index contributed by atoms with van der Waals surface area (Å²) in [5.41, 5.74) is 1.46. The SMILES string of the molecule is Cc1noc(C)c1C(=O)N1CCC[C@@H](NC(=O)c2cnccn2)CC1. The average Bonchev–Trinajstić information content (AvgIpc) is 2.82. The van der Waals surface area contributed by atoms with Gasteiger partial charge in [0.25, 0.3) is 11.8 Å². The molecule has 3 rings (SSSR count). The molecule has 2 aromatic rings. The second-order valence-corrected chi connectivity index (χ2v) is 6.18. The third-order valence-corrected chi connectivity index (χ3v) is 4.39. The van der Waals surface area contributed by atoms with Crippen LogP contribution in [0.3, 0.4) is 0 Å². The first-order valence-electron chi connectivity index (χ1n) is 8.35. The number of hydrogen-bond acceptors (Lipinski definition) is 6. The highest BCUT2D eigenvalue weighted by Crippen LogP contribution is 2.19. The lowest BCUT2D eigenvalue weighted by atomic mass is 10.1. The van der Waals surface area contributed by atoms with Gasteiger partial charge in [-0.2, -0.15) is 0 Å². The van der Waals surface area contributed by atoms with Crippen LogP contribution in [0, 0.1) is 13.8 Å². The second kappa shape index (κ2) is 7.42. The Labute approximate surface area is 145 Å². The number of rotatable bonds is 3. The highest BCUT2D eigenvalue weighted by Gasteiger charge is 2.26. The predicted molar refractivity (Wildman–Crippen MR) is 89.0 cm³/mol. The summed E-state index contributed by atoms with van der Waals surface area (Å²) in [7, 11) is 0. The first kappa shape index (κ1) is 17.1. The summed E-state index contributed by atoms with van der Waals surface area (Å²) < 4.78 is 5.09. The maximum Gasteiger partial charge on any atom is 0.271 e. The van der Waals surface area contributed by atoms with E-state index in [-0.39, 0.29) is 17.9 Å². The van der Waals surface area contributed by atoms with Gasteiger partial charge in [-0.25, -0.2) is 4.98 Å². The van der Waals surface area contributed by atoms with Crippen LogP contribution >= 0.6 is 0 Å². The minimum absolute atomic E-state index is 0.0111. The molecule has 1 saturated heterocycles. The summed E-state index contributed by atoms with van der Waals surface area (Å²) in [4.78, 5) is 34.6. The summed E-state index contributed by atoms with van der Waals surface area (Å²) in [5.74, 6) is 0.250. The fourth-order valence-electron chi connectivity index (χ4n) is 3.07. The first-order chi connectivity index (χ1) is 12.1. The van der Waals surface area contributed by atoms with Crippen LogP contribution in [0.5, 0.6) is 0 Å². The number of aromatic nitrogens is 3. The smallest absolute Gasteiger partial charge is 0.271 e. The van der Waals surface area contributed by atoms with Crippen molar-refractivity contribution in [2.24, 2.45) is 0 Å². The van der Waals surface area contributed by atoms with Gasteiger partial charge in [0, 0.05) is 31.5 Å². The topological polar surface area (TPSA) is 101 Å². The van der Waals surface area contributed by atoms with E-state index in [1.54, 1.807) is 18.7 Å². The Kier molecular flexibility index (Phi) is 5.06. The van der Waals surface area contributed by atoms with Gasteiger partial charge in [-0.05, 0) is 33.1 Å². The Balaban J connectivity index is 1.61. The Hall–Kier alpha value is -2.77. The zero-order valence-corrected chi connectivity index (χ0v) is 14.4. The third kappa shape index (κ3) is 3.84. The van der Waals surface area contributed by atoms with E-state index in [9.17, 15) is 9.59 Å². The number of nitrogens with one attached hydrogen (secondary N) is 1. The van der Waals surface area contributed by atoms with Crippen molar-refractivity contribution in [3.8, 4) is 0 Å². The number of likely N-dealkylation sites (tertiary alicyclic amines) is 1. The highest BCUT2D eigenvalue weighted by atomic mass is 16.5. The molecule has 8 nitrogen and oxygen atoms in total. The van der Waals surface area contributed by atoms with Gasteiger partial charge in [0.15, 0.2) is 0 Å². The molecule has 0 radical (unpaired) electrons. The van der Waals surface area contributed by atoms with Crippen molar-refractivity contribution in [3.63, 3.8) is 0 Å². The average molecular weight is 343 g/mol. The van der Waals surface area contributed by atoms with Gasteiger partial charge in [-0.3, -0.25) is 14.6 Å². The van der Waals surface area contributed by atoms with Crippen molar-refractivity contribution in [2.45, 2.75) is 39.2 Å². The van der Waals surface area contributed by atoms with Crippen molar-refractivity contribution >= 4 is 11.8 Å². The predicted octanol–water partition coefficient (Wildman–Crippen LogP) is 1.51. The molecular weight excluding hydrogens is 322 g/mol. The van der Waals surface area contributed by atoms with Crippen LogP contribution in [-0.2, 0) is 0 Å². The monoisotopic (exact) mass is 343 g/mol. The molecule has 1 N–H and O–H groups in total. The van der Waals surface area contributed by atoms with E-state index in [2.05, 4.69) is 20.4 Å². The first-order valence-corrected chi connectivity index (χ1v) is 8.35. The lowest BCUT2D eigenvalue weighted by molar-refractivity contribution is 0.0758. The van der Waals surface area contributed by atoms with E-state index in [1.807, 2.05) is 0 Å². The van der Waals surface area contributed by atoms with Crippen LogP contribution in [0.15, 0.2) is 23.1 Å². The standard InChI is InChI=1S/C17H21N5O3/c1-11-15(12(2)25-21-11)17(24)22-8-3-4-13(5-9-22)20-16(23)14-10-18-6-7-19-14/h6-7,10,13H,3-5,8-9H2,1-2H3,(H,20,23)/t13-/m1/s1. The molecule has 132 valence electrons. The molecule has 0 aliphatic carbocycles. The summed E-state index contributed by atoms with van der Waals surface area (Å²) >= 11 is 0. The molecule has 0 aromatic carbocycles. The lowest BCUT2D eigenvalue weighted by Gasteiger charge is -2.20. The van der Waals surface area contributed by atoms with E-state index in [0.29, 0.717) is 42.2 Å². The van der Waals surface area contributed by atoms with E-state index in [0.717, 1.165) is 12.8 Å². The van der Waals surface area contributed by atoms with E-state index >= 15 is 0 Å². The van der Waals surface area contributed by atoms with Crippen molar-refractivity contribution in [1.82, 2.24) is 25.3 Å². The Morgan fingerprint density at radius 1 is 1.24 bits per heavy atom. The molecule has 1 aliphatic rings. The Bertz CT molecular complexity index is 739. The van der Waals surface area contributed by atoms with Crippen LogP contribution < -0.4 is 5.32 Å². The fourth-order valence-corrected chi connectivity index (χ4v) is 3.07. The quantitative estimate of drug-likeness (QED) is 0.906. The maximum absolute atomic E-state index is 12.7. The highest BCUT2D eigenvalue weighted by molar-refractivity contribution is 5.96. The van der Waals surface area contributed by atoms with Gasteiger partial charge >= 0.3 is 0 Å². The molecule has 0 unspecified atom stereocenters. The number of nitrogens with zero attached hydrogens (tertiary/aromatic N) is 4. The molecule has 25 heavy (non-hydrogen) atoms. The summed E-state index contributed by atoms with van der Waals surface area (Å²) in [6, 6.07) is 0.0111. The molecule has 2 amide bonds. The van der Waals surface area contributed by atoms with Crippen LogP contribution in [0.1, 0.15) is 51.6 Å². The third-order valence-electron chi connectivity index (χ3n) is 4.39. The normalized spacial score (nSPS) is 17.8. The van der Waals surface area contributed by atoms with Crippen LogP contribution in [-0.4, -0.2) is 51.0 Å². The largest absolute Gasteiger partial charge is 0.361 e. The molecule has 0 spiro atoms. The molecule has 1 atom stereocenters. The molecule has 0 bridgehead atoms. The van der Waals surface area contributed by atoms with Crippen molar-refractivity contribution in [2.75, 3.05) is 13.1 Å². The van der Waals surface area contributed by atoms with Crippen molar-refractivity contribution in [3.05, 3.63) is 41.3 Å². The summed E-state index contributed by atoms with van der Waals surface area (Å²) in [6.45, 7) is 4.75. The van der Waals surface area contributed by atoms with Gasteiger partial charge in [0.2, 0.25) is 0 Å². The van der Waals surface area contributed by atoms with Crippen molar-refractivity contribution in [1.29, 1.82) is 0 Å². The van der Waals surface area contributed by atoms with Crippen LogP contribution in [0.2, 0.25) is 0 Å². The van der Waals surface area contributed by atoms with Crippen LogP contribution in [0.4, 0.5) is 0 Å². The summed E-state index contributed by atoms with van der Waals surface area (Å²) in [6.07, 6.45) is 6.80. The minimum atomic E-state index is -0.233. The van der Waals surface area contributed by atoms with E-state index in [4.69, 9.17) is 4.52 Å². The minimum Gasteiger partial charge on any atom is -0.361 e. The maximum atomic E-state index is 12.7. The molecular formula is C17H21N5O3. The van der Waals surface area contributed by atoms with Crippen LogP contribution in [0.25, 0.3) is 0 Å². The molecule has 2 aromatic heterocycles. The van der Waals surface area contributed by atoms with Gasteiger partial charge in [-0.1, -0.05) is 5.16 Å². The second-order valence-electron chi connectivity index (χ2n) is 6.18. The van der Waals surface area contributed by atoms with Gasteiger partial charge in [0.1, 0.15) is 17.0 Å². The Morgan fingerprint density at radius 2 is 2.08 bits per heavy atom. The molecule has 1 fully saturated rings. The zero-order valence-electron chi connectivity index (χ0n) is 14.4. The lowest BCUT2D eigenvalue weighted by Crippen LogP contribution is -2.37. The molecule has 8 heteroatoms. The number of carbonyl (C=O) groups excluding carboxylic acids is 2. The molecule has 1 aliphatic heterocycles. The van der Waals surface area contributed by atoms with E-state index in [1.165, 1.54) is 18.6 Å². The number of hydrogen-bond donors (Lipinski definition) is 1. The van der Waals surface area contributed by atoms with Gasteiger partial charge in [0.05, 0.1) is 11.9 Å². The van der Waals surface area contributed by atoms with Crippen molar-refractivity contribution < 1.29 is 14.1 Å². The summed E-state index contributed by atoms with van der Waals surface area (Å²) in [5, 5.41) is 6.83. The fraction of sp³-hybridized carbons (Fsp3) is 0.471. The molecule has 3 heterocycles. The van der Waals surface area contributed by atoms with Gasteiger partial charge in [-0.15, -0.1) is 0 Å². The zero-order chi connectivity index (χ0) is 17.8. The number of amides is 2. The number of aryl methyl sites for hydroxylation is 2.